The van der Waals surface area contributed by atoms with Gasteiger partial charge < -0.3 is 9.88 Å². The van der Waals surface area contributed by atoms with Crippen molar-refractivity contribution < 1.29 is 0 Å². The minimum absolute atomic E-state index is 0.707. The third kappa shape index (κ3) is 3.97. The number of imidazole rings is 1. The molecule has 0 radical (unpaired) electrons. The first-order valence-corrected chi connectivity index (χ1v) is 11.6. The zero-order valence-electron chi connectivity index (χ0n) is 19.5. The van der Waals surface area contributed by atoms with Crippen molar-refractivity contribution in [3.8, 4) is 11.5 Å². The second-order valence-electron chi connectivity index (χ2n) is 8.66. The maximum Gasteiger partial charge on any atom is 0.159 e. The summed E-state index contributed by atoms with van der Waals surface area (Å²) in [5, 5.41) is 13.8. The maximum absolute atomic E-state index is 4.88. The second-order valence-corrected chi connectivity index (χ2v) is 8.66. The zero-order chi connectivity index (χ0) is 22.9. The van der Waals surface area contributed by atoms with Crippen LogP contribution in [0.15, 0.2) is 24.5 Å². The Labute approximate surface area is 192 Å². The number of nitrogens with one attached hydrogen (secondary N) is 2. The van der Waals surface area contributed by atoms with Crippen LogP contribution in [0.25, 0.3) is 40.8 Å². The van der Waals surface area contributed by atoms with Crippen molar-refractivity contribution in [2.45, 2.75) is 39.5 Å². The molecule has 0 saturated carbocycles. The summed E-state index contributed by atoms with van der Waals surface area (Å²) in [7, 11) is 1.95. The number of fused-ring (bicyclic) bond motifs is 1. The number of hydrogen-bond donors (Lipinski definition) is 2. The predicted molar refractivity (Wildman–Crippen MR) is 133 cm³/mol. The van der Waals surface area contributed by atoms with Gasteiger partial charge in [-0.3, -0.25) is 9.78 Å². The van der Waals surface area contributed by atoms with Crippen LogP contribution in [0.3, 0.4) is 0 Å². The van der Waals surface area contributed by atoms with E-state index in [2.05, 4.69) is 62.9 Å². The Morgan fingerprint density at radius 2 is 2.06 bits per heavy atom. The van der Waals surface area contributed by atoms with E-state index in [9.17, 15) is 0 Å². The molecule has 0 amide bonds. The molecule has 0 atom stereocenters. The van der Waals surface area contributed by atoms with E-state index in [1.807, 2.05) is 30.1 Å². The Kier molecular flexibility index (Phi) is 5.58. The van der Waals surface area contributed by atoms with Gasteiger partial charge >= 0.3 is 0 Å². The summed E-state index contributed by atoms with van der Waals surface area (Å²) in [6.07, 6.45) is 12.6. The topological polar surface area (TPSA) is 91.3 Å². The maximum atomic E-state index is 4.88. The van der Waals surface area contributed by atoms with Gasteiger partial charge in [-0.2, -0.15) is 10.2 Å². The number of pyridine rings is 1. The molecular weight excluding hydrogens is 412 g/mol. The quantitative estimate of drug-likeness (QED) is 0.496. The molecule has 0 unspecified atom stereocenters. The first kappa shape index (κ1) is 21.2. The summed E-state index contributed by atoms with van der Waals surface area (Å²) in [5.74, 6) is 1.66. The number of H-pyrrole nitrogens is 2. The molecule has 1 saturated heterocycles. The van der Waals surface area contributed by atoms with Crippen LogP contribution in [0.4, 0.5) is 5.82 Å². The largest absolute Gasteiger partial charge is 0.355 e. The zero-order valence-corrected chi connectivity index (χ0v) is 19.5. The van der Waals surface area contributed by atoms with Crippen molar-refractivity contribution in [2.75, 3.05) is 18.0 Å². The van der Waals surface area contributed by atoms with Crippen LogP contribution in [0.1, 0.15) is 44.4 Å². The van der Waals surface area contributed by atoms with E-state index in [-0.39, 0.29) is 0 Å². The van der Waals surface area contributed by atoms with Gasteiger partial charge in [0, 0.05) is 43.3 Å². The Morgan fingerprint density at radius 1 is 1.24 bits per heavy atom. The Hall–Kier alpha value is -3.68. The summed E-state index contributed by atoms with van der Waals surface area (Å²) in [5.41, 5.74) is 5.99. The molecule has 1 aliphatic heterocycles. The summed E-state index contributed by atoms with van der Waals surface area (Å²) in [4.78, 5) is 15.3. The van der Waals surface area contributed by atoms with Crippen LogP contribution in [-0.4, -0.2) is 48.0 Å². The number of aromatic amines is 2. The molecule has 0 aromatic carbocycles. The van der Waals surface area contributed by atoms with Gasteiger partial charge in [-0.25, -0.2) is 9.97 Å². The van der Waals surface area contributed by atoms with Crippen molar-refractivity contribution in [1.82, 2.24) is 34.9 Å². The molecule has 0 spiro atoms. The van der Waals surface area contributed by atoms with Gasteiger partial charge in [0.05, 0.1) is 16.6 Å². The van der Waals surface area contributed by atoms with E-state index in [0.717, 1.165) is 69.5 Å². The van der Waals surface area contributed by atoms with Gasteiger partial charge in [-0.15, -0.1) is 0 Å². The van der Waals surface area contributed by atoms with Crippen LogP contribution in [0.5, 0.6) is 0 Å². The average Bonchev–Trinajstić information content (AvgIpc) is 3.53. The molecule has 170 valence electrons. The van der Waals surface area contributed by atoms with Crippen molar-refractivity contribution in [2.24, 2.45) is 7.05 Å². The monoisotopic (exact) mass is 442 g/mol. The number of nitrogens with zero attached hydrogens (tertiary/aromatic N) is 6. The fraction of sp³-hybridized carbons (Fsp3) is 0.360. The van der Waals surface area contributed by atoms with Gasteiger partial charge in [0.1, 0.15) is 11.2 Å². The minimum Gasteiger partial charge on any atom is -0.355 e. The summed E-state index contributed by atoms with van der Waals surface area (Å²) >= 11 is 0. The lowest BCUT2D eigenvalue weighted by Crippen LogP contribution is -2.30. The molecule has 0 aliphatic carbocycles. The molecule has 5 heterocycles. The molecule has 1 fully saturated rings. The normalized spacial score (nSPS) is 15.7. The third-order valence-corrected chi connectivity index (χ3v) is 6.33. The van der Waals surface area contributed by atoms with Gasteiger partial charge in [0.15, 0.2) is 11.6 Å². The number of allylic oxidation sites excluding steroid dienone is 2. The molecule has 8 nitrogen and oxygen atoms in total. The molecule has 1 aliphatic rings. The molecule has 0 bridgehead atoms. The smallest absolute Gasteiger partial charge is 0.159 e. The fourth-order valence-corrected chi connectivity index (χ4v) is 4.51. The van der Waals surface area contributed by atoms with E-state index >= 15 is 0 Å². The molecular formula is C25H30N8. The molecule has 8 heteroatoms. The number of aryl methyl sites for hydroxylation is 2. The number of anilines is 1. The second kappa shape index (κ2) is 8.69. The molecule has 2 N–H and O–H groups in total. The van der Waals surface area contributed by atoms with Crippen LogP contribution < -0.4 is 15.5 Å². The average molecular weight is 443 g/mol. The SMILES string of the molecule is C=c1c(-c2nc3c(N4CCCCC4)nccc3[nH]2)n[nH]/c1=C/C=C(\C)c1cn(C)nc1CC. The van der Waals surface area contributed by atoms with Crippen molar-refractivity contribution in [1.29, 1.82) is 0 Å². The third-order valence-electron chi connectivity index (χ3n) is 6.33. The lowest BCUT2D eigenvalue weighted by molar-refractivity contribution is 0.574. The van der Waals surface area contributed by atoms with E-state index in [1.54, 1.807) is 0 Å². The lowest BCUT2D eigenvalue weighted by Gasteiger charge is -2.27. The molecule has 33 heavy (non-hydrogen) atoms. The first-order chi connectivity index (χ1) is 16.0. The van der Waals surface area contributed by atoms with E-state index < -0.39 is 0 Å². The van der Waals surface area contributed by atoms with Crippen LogP contribution >= 0.6 is 0 Å². The molecule has 4 aromatic rings. The lowest BCUT2D eigenvalue weighted by atomic mass is 10.1. The van der Waals surface area contributed by atoms with Gasteiger partial charge in [-0.1, -0.05) is 19.6 Å². The van der Waals surface area contributed by atoms with Crippen molar-refractivity contribution in [3.63, 3.8) is 0 Å². The molecule has 4 aromatic heterocycles. The van der Waals surface area contributed by atoms with Gasteiger partial charge in [-0.05, 0) is 50.3 Å². The standard InChI is InChI=1S/C25H30N8/c1-5-19-18(15-32(4)31-19)16(2)9-10-20-17(3)22(30-29-20)24-27-21-11-12-26-25(23(21)28-24)33-13-7-6-8-14-33/h9-12,15,29H,3,5-8,13-14H2,1-2,4H3,(H,27,28)/b16-9+,20-10+. The minimum atomic E-state index is 0.707. The fourth-order valence-electron chi connectivity index (χ4n) is 4.51. The Bertz CT molecular complexity index is 1430. The molecule has 5 rings (SSSR count). The van der Waals surface area contributed by atoms with Gasteiger partial charge in [0.25, 0.3) is 0 Å². The Balaban J connectivity index is 1.49. The van der Waals surface area contributed by atoms with Gasteiger partial charge in [0.2, 0.25) is 0 Å². The van der Waals surface area contributed by atoms with E-state index in [4.69, 9.17) is 4.98 Å². The van der Waals surface area contributed by atoms with Crippen molar-refractivity contribution in [3.05, 3.63) is 46.4 Å². The number of hydrogen-bond acceptors (Lipinski definition) is 5. The summed E-state index contributed by atoms with van der Waals surface area (Å²) < 4.78 is 1.86. The van der Waals surface area contributed by atoms with Crippen LogP contribution in [0, 0.1) is 0 Å². The van der Waals surface area contributed by atoms with Crippen molar-refractivity contribution >= 4 is 35.1 Å². The summed E-state index contributed by atoms with van der Waals surface area (Å²) in [6.45, 7) is 10.5. The van der Waals surface area contributed by atoms with Crippen LogP contribution in [0.2, 0.25) is 0 Å². The van der Waals surface area contributed by atoms with E-state index in [1.165, 1.54) is 19.3 Å². The highest BCUT2D eigenvalue weighted by molar-refractivity contribution is 5.88. The Morgan fingerprint density at radius 3 is 2.85 bits per heavy atom. The highest BCUT2D eigenvalue weighted by atomic mass is 15.3. The number of aromatic nitrogens is 7. The highest BCUT2D eigenvalue weighted by Crippen LogP contribution is 2.26. The number of rotatable bonds is 5. The first-order valence-electron chi connectivity index (χ1n) is 11.6. The van der Waals surface area contributed by atoms with E-state index in [0.29, 0.717) is 5.82 Å². The highest BCUT2D eigenvalue weighted by Gasteiger charge is 2.18. The summed E-state index contributed by atoms with van der Waals surface area (Å²) in [6, 6.07) is 1.97. The number of piperidine rings is 1. The predicted octanol–water partition coefficient (Wildman–Crippen LogP) is 2.93. The van der Waals surface area contributed by atoms with Crippen LogP contribution in [-0.2, 0) is 13.5 Å².